The van der Waals surface area contributed by atoms with E-state index in [0.717, 1.165) is 37.7 Å². The molecule has 0 atom stereocenters. The molecule has 134 valence electrons. The molecule has 1 aromatic heterocycles. The Morgan fingerprint density at radius 1 is 1.21 bits per heavy atom. The van der Waals surface area contributed by atoms with E-state index in [2.05, 4.69) is 43.2 Å². The second-order valence-electron chi connectivity index (χ2n) is 7.19. The highest BCUT2D eigenvalue weighted by molar-refractivity contribution is 7.15. The van der Waals surface area contributed by atoms with Gasteiger partial charge in [-0.3, -0.25) is 9.59 Å². The zero-order valence-electron chi connectivity index (χ0n) is 15.0. The monoisotopic (exact) mass is 354 g/mol. The van der Waals surface area contributed by atoms with Gasteiger partial charge in [0.1, 0.15) is 5.01 Å². The lowest BCUT2D eigenvalue weighted by Gasteiger charge is -2.31. The van der Waals surface area contributed by atoms with Gasteiger partial charge in [0.25, 0.3) is 0 Å². The summed E-state index contributed by atoms with van der Waals surface area (Å²) in [6.07, 6.45) is 0.433. The van der Waals surface area contributed by atoms with E-state index in [1.165, 1.54) is 16.2 Å². The van der Waals surface area contributed by atoms with E-state index >= 15 is 0 Å². The zero-order chi connectivity index (χ0) is 17.7. The van der Waals surface area contributed by atoms with Crippen LogP contribution >= 0.6 is 11.3 Å². The van der Waals surface area contributed by atoms with Crippen LogP contribution in [0.1, 0.15) is 45.5 Å². The summed E-state index contributed by atoms with van der Waals surface area (Å²) in [5, 5.41) is 12.2. The van der Waals surface area contributed by atoms with Gasteiger partial charge in [-0.2, -0.15) is 0 Å². The summed E-state index contributed by atoms with van der Waals surface area (Å²) in [5.41, 5.74) is -0.0841. The predicted molar refractivity (Wildman–Crippen MR) is 94.3 cm³/mol. The number of hydrogen-bond donors (Lipinski definition) is 2. The molecule has 2 rings (SSSR count). The van der Waals surface area contributed by atoms with Crippen molar-refractivity contribution in [1.29, 1.82) is 0 Å². The molecular formula is C16H28N5O2S+. The molecule has 0 aromatic carbocycles. The number of anilines is 1. The van der Waals surface area contributed by atoms with Gasteiger partial charge in [-0.25, -0.2) is 0 Å². The first-order valence-corrected chi connectivity index (χ1v) is 9.36. The van der Waals surface area contributed by atoms with Gasteiger partial charge in [-0.05, 0) is 6.92 Å². The molecule has 0 spiro atoms. The molecule has 0 radical (unpaired) electrons. The first-order valence-electron chi connectivity index (χ1n) is 8.54. The fourth-order valence-corrected chi connectivity index (χ4v) is 3.38. The molecule has 7 nitrogen and oxygen atoms in total. The normalized spacial score (nSPS) is 16.2. The maximum absolute atomic E-state index is 12.2. The van der Waals surface area contributed by atoms with Gasteiger partial charge in [0.05, 0.1) is 32.7 Å². The minimum Gasteiger partial charge on any atom is -0.332 e. The van der Waals surface area contributed by atoms with Crippen molar-refractivity contribution in [3.63, 3.8) is 0 Å². The lowest BCUT2D eigenvalue weighted by atomic mass is 9.98. The fourth-order valence-electron chi connectivity index (χ4n) is 2.56. The van der Waals surface area contributed by atoms with Gasteiger partial charge >= 0.3 is 0 Å². The van der Waals surface area contributed by atoms with Gasteiger partial charge in [0, 0.05) is 18.3 Å². The van der Waals surface area contributed by atoms with Crippen molar-refractivity contribution in [2.45, 2.75) is 46.0 Å². The van der Waals surface area contributed by atoms with Crippen LogP contribution < -0.4 is 10.2 Å². The molecule has 0 saturated carbocycles. The van der Waals surface area contributed by atoms with Crippen LogP contribution in [0.25, 0.3) is 0 Å². The van der Waals surface area contributed by atoms with Crippen LogP contribution in [0.5, 0.6) is 0 Å². The van der Waals surface area contributed by atoms with Crippen LogP contribution in [0.3, 0.4) is 0 Å². The number of piperazine rings is 1. The Bertz CT molecular complexity index is 573. The number of carbonyl (C=O) groups excluding carboxylic acids is 2. The lowest BCUT2D eigenvalue weighted by molar-refractivity contribution is -0.902. The molecule has 1 saturated heterocycles. The largest absolute Gasteiger partial charge is 0.332 e. The molecule has 0 unspecified atom stereocenters. The minimum atomic E-state index is -0.183. The summed E-state index contributed by atoms with van der Waals surface area (Å²) in [6.45, 7) is 13.0. The van der Waals surface area contributed by atoms with E-state index in [-0.39, 0.29) is 30.1 Å². The second kappa shape index (κ2) is 8.02. The SMILES string of the molecule is CC[NH+]1CCN(C(=O)CCC(=O)Nc2nnc(C(C)(C)C)s2)CC1. The average Bonchev–Trinajstić information content (AvgIpc) is 3.01. The van der Waals surface area contributed by atoms with Crippen LogP contribution in [0, 0.1) is 0 Å². The van der Waals surface area contributed by atoms with Crippen molar-refractivity contribution in [3.05, 3.63) is 5.01 Å². The number of rotatable bonds is 5. The summed E-state index contributed by atoms with van der Waals surface area (Å²) in [5.74, 6) is -0.120. The maximum atomic E-state index is 12.2. The number of amides is 2. The zero-order valence-corrected chi connectivity index (χ0v) is 15.8. The minimum absolute atomic E-state index is 0.0629. The standard InChI is InChI=1S/C16H27N5O2S/c1-5-20-8-10-21(11-9-20)13(23)7-6-12(22)17-15-19-18-14(24-15)16(2,3)4/h5-11H2,1-4H3,(H,17,19,22)/p+1. The summed E-state index contributed by atoms with van der Waals surface area (Å²) in [7, 11) is 0. The smallest absolute Gasteiger partial charge is 0.226 e. The highest BCUT2D eigenvalue weighted by atomic mass is 32.1. The van der Waals surface area contributed by atoms with Gasteiger partial charge in [-0.1, -0.05) is 32.1 Å². The molecule has 8 heteroatoms. The molecule has 1 aliphatic rings. The van der Waals surface area contributed by atoms with Crippen LogP contribution in [0.15, 0.2) is 0 Å². The van der Waals surface area contributed by atoms with Crippen LogP contribution in [-0.2, 0) is 15.0 Å². The number of hydrogen-bond acceptors (Lipinski definition) is 5. The Labute approximate surface area is 147 Å². The Balaban J connectivity index is 1.75. The Morgan fingerprint density at radius 2 is 1.88 bits per heavy atom. The predicted octanol–water partition coefficient (Wildman–Crippen LogP) is 0.301. The van der Waals surface area contributed by atoms with Crippen molar-refractivity contribution < 1.29 is 14.5 Å². The van der Waals surface area contributed by atoms with E-state index in [0.29, 0.717) is 5.13 Å². The number of quaternary nitrogens is 1. The molecule has 1 aliphatic heterocycles. The fraction of sp³-hybridized carbons (Fsp3) is 0.750. The third-order valence-corrected chi connectivity index (χ3v) is 5.47. The van der Waals surface area contributed by atoms with Crippen LogP contribution in [0.4, 0.5) is 5.13 Å². The Hall–Kier alpha value is -1.54. The van der Waals surface area contributed by atoms with Crippen molar-refractivity contribution in [2.75, 3.05) is 38.0 Å². The average molecular weight is 355 g/mol. The van der Waals surface area contributed by atoms with Gasteiger partial charge < -0.3 is 15.1 Å². The Kier molecular flexibility index (Phi) is 6.28. The first-order chi connectivity index (χ1) is 11.3. The van der Waals surface area contributed by atoms with Gasteiger partial charge in [0.15, 0.2) is 0 Å². The summed E-state index contributed by atoms with van der Waals surface area (Å²) in [6, 6.07) is 0. The van der Waals surface area contributed by atoms with Crippen molar-refractivity contribution in [1.82, 2.24) is 15.1 Å². The molecule has 24 heavy (non-hydrogen) atoms. The number of carbonyl (C=O) groups is 2. The first kappa shape index (κ1) is 18.8. The molecule has 2 N–H and O–H groups in total. The molecule has 2 heterocycles. The van der Waals surface area contributed by atoms with Crippen molar-refractivity contribution in [2.24, 2.45) is 0 Å². The highest BCUT2D eigenvalue weighted by Gasteiger charge is 2.23. The van der Waals surface area contributed by atoms with Gasteiger partial charge in [0.2, 0.25) is 16.9 Å². The van der Waals surface area contributed by atoms with E-state index in [1.54, 1.807) is 0 Å². The van der Waals surface area contributed by atoms with E-state index in [4.69, 9.17) is 0 Å². The van der Waals surface area contributed by atoms with Crippen molar-refractivity contribution in [3.8, 4) is 0 Å². The second-order valence-corrected chi connectivity index (χ2v) is 8.17. The summed E-state index contributed by atoms with van der Waals surface area (Å²) in [4.78, 5) is 27.6. The molecule has 0 aliphatic carbocycles. The van der Waals surface area contributed by atoms with E-state index in [9.17, 15) is 9.59 Å². The number of nitrogens with one attached hydrogen (secondary N) is 2. The van der Waals surface area contributed by atoms with Crippen LogP contribution in [0.2, 0.25) is 0 Å². The third-order valence-electron chi connectivity index (χ3n) is 4.20. The van der Waals surface area contributed by atoms with E-state index < -0.39 is 0 Å². The third kappa shape index (κ3) is 5.24. The summed E-state index contributed by atoms with van der Waals surface area (Å²) >= 11 is 1.38. The molecule has 2 amide bonds. The number of likely N-dealkylation sites (N-methyl/N-ethyl adjacent to an activating group) is 1. The molecule has 1 fully saturated rings. The molecular weight excluding hydrogens is 326 g/mol. The highest BCUT2D eigenvalue weighted by Crippen LogP contribution is 2.27. The number of aromatic nitrogens is 2. The number of nitrogens with zero attached hydrogens (tertiary/aromatic N) is 3. The van der Waals surface area contributed by atoms with E-state index in [1.807, 2.05) is 4.90 Å². The van der Waals surface area contributed by atoms with Crippen molar-refractivity contribution >= 4 is 28.3 Å². The molecule has 1 aromatic rings. The Morgan fingerprint density at radius 3 is 2.42 bits per heavy atom. The topological polar surface area (TPSA) is 79.6 Å². The van der Waals surface area contributed by atoms with Gasteiger partial charge in [-0.15, -0.1) is 10.2 Å². The summed E-state index contributed by atoms with van der Waals surface area (Å²) < 4.78 is 0. The lowest BCUT2D eigenvalue weighted by Crippen LogP contribution is -3.14. The molecule has 0 bridgehead atoms. The maximum Gasteiger partial charge on any atom is 0.226 e. The quantitative estimate of drug-likeness (QED) is 0.797. The van der Waals surface area contributed by atoms with Crippen LogP contribution in [-0.4, -0.2) is 59.6 Å².